The molecule has 0 spiro atoms. The van der Waals surface area contributed by atoms with Crippen LogP contribution in [0.3, 0.4) is 0 Å². The third-order valence-corrected chi connectivity index (χ3v) is 3.11. The number of ether oxygens (including phenoxy) is 1. The maximum atomic E-state index is 12.0. The lowest BCUT2D eigenvalue weighted by Crippen LogP contribution is -2.45. The molecule has 1 aliphatic heterocycles. The Morgan fingerprint density at radius 3 is 2.76 bits per heavy atom. The number of hydrogen-bond donors (Lipinski definition) is 1. The first kappa shape index (κ1) is 14.0. The van der Waals surface area contributed by atoms with E-state index in [-0.39, 0.29) is 23.7 Å². The molecule has 1 amide bonds. The smallest absolute Gasteiger partial charge is 0.307 e. The van der Waals surface area contributed by atoms with E-state index in [0.717, 1.165) is 13.1 Å². The van der Waals surface area contributed by atoms with E-state index in [1.54, 1.807) is 0 Å². The maximum Gasteiger partial charge on any atom is 0.307 e. The Balaban J connectivity index is 2.83. The van der Waals surface area contributed by atoms with Gasteiger partial charge < -0.3 is 10.1 Å². The Bertz CT molecular complexity index is 302. The van der Waals surface area contributed by atoms with E-state index in [0.29, 0.717) is 6.54 Å². The highest BCUT2D eigenvalue weighted by Crippen LogP contribution is 2.21. The number of esters is 1. The molecule has 98 valence electrons. The molecule has 1 unspecified atom stereocenters. The average molecular weight is 242 g/mol. The SMILES string of the molecule is CCN1CC(C)(C)CNC(=O)C1CC(=O)OC. The van der Waals surface area contributed by atoms with Crippen LogP contribution in [0.4, 0.5) is 0 Å². The Labute approximate surface area is 102 Å². The summed E-state index contributed by atoms with van der Waals surface area (Å²) in [6.07, 6.45) is 0.117. The highest BCUT2D eigenvalue weighted by atomic mass is 16.5. The fourth-order valence-electron chi connectivity index (χ4n) is 2.12. The first-order valence-electron chi connectivity index (χ1n) is 5.98. The van der Waals surface area contributed by atoms with Crippen molar-refractivity contribution in [2.45, 2.75) is 33.2 Å². The summed E-state index contributed by atoms with van der Waals surface area (Å²) in [5, 5.41) is 2.89. The van der Waals surface area contributed by atoms with Gasteiger partial charge in [0.25, 0.3) is 0 Å². The summed E-state index contributed by atoms with van der Waals surface area (Å²) in [5.74, 6) is -0.425. The summed E-state index contributed by atoms with van der Waals surface area (Å²) >= 11 is 0. The molecule has 0 aromatic rings. The number of nitrogens with one attached hydrogen (secondary N) is 1. The number of nitrogens with zero attached hydrogens (tertiary/aromatic N) is 1. The van der Waals surface area contributed by atoms with Crippen LogP contribution in [0.15, 0.2) is 0 Å². The minimum atomic E-state index is -0.408. The van der Waals surface area contributed by atoms with Crippen molar-refractivity contribution in [3.05, 3.63) is 0 Å². The molecule has 1 fully saturated rings. The van der Waals surface area contributed by atoms with Gasteiger partial charge in [-0.3, -0.25) is 14.5 Å². The van der Waals surface area contributed by atoms with E-state index in [4.69, 9.17) is 0 Å². The van der Waals surface area contributed by atoms with Gasteiger partial charge in [-0.25, -0.2) is 0 Å². The van der Waals surface area contributed by atoms with Crippen molar-refractivity contribution in [1.29, 1.82) is 0 Å². The number of amides is 1. The van der Waals surface area contributed by atoms with Crippen LogP contribution >= 0.6 is 0 Å². The number of rotatable bonds is 3. The molecule has 1 heterocycles. The molecule has 0 aromatic heterocycles. The zero-order valence-corrected chi connectivity index (χ0v) is 11.1. The molecule has 0 aliphatic carbocycles. The molecule has 1 saturated heterocycles. The number of hydrogen-bond acceptors (Lipinski definition) is 4. The van der Waals surface area contributed by atoms with E-state index in [2.05, 4.69) is 23.9 Å². The van der Waals surface area contributed by atoms with Crippen molar-refractivity contribution >= 4 is 11.9 Å². The topological polar surface area (TPSA) is 58.6 Å². The Morgan fingerprint density at radius 1 is 1.59 bits per heavy atom. The summed E-state index contributed by atoms with van der Waals surface area (Å²) in [7, 11) is 1.34. The molecule has 1 rings (SSSR count). The molecule has 1 aliphatic rings. The van der Waals surface area contributed by atoms with Gasteiger partial charge in [0.2, 0.25) is 5.91 Å². The number of carbonyl (C=O) groups is 2. The largest absolute Gasteiger partial charge is 0.469 e. The van der Waals surface area contributed by atoms with E-state index in [1.807, 2.05) is 11.8 Å². The van der Waals surface area contributed by atoms with Crippen LogP contribution in [0.2, 0.25) is 0 Å². The highest BCUT2D eigenvalue weighted by molar-refractivity contribution is 5.86. The van der Waals surface area contributed by atoms with Crippen LogP contribution in [0, 0.1) is 5.41 Å². The molecule has 1 atom stereocenters. The van der Waals surface area contributed by atoms with Gasteiger partial charge in [-0.2, -0.15) is 0 Å². The average Bonchev–Trinajstić information content (AvgIpc) is 2.39. The molecule has 0 aromatic carbocycles. The number of methoxy groups -OCH3 is 1. The predicted octanol–water partition coefficient (Wildman–Crippen LogP) is 0.396. The van der Waals surface area contributed by atoms with Crippen LogP contribution in [-0.4, -0.2) is 49.6 Å². The van der Waals surface area contributed by atoms with Crippen molar-refractivity contribution < 1.29 is 14.3 Å². The molecular weight excluding hydrogens is 220 g/mol. The lowest BCUT2D eigenvalue weighted by molar-refractivity contribution is -0.144. The van der Waals surface area contributed by atoms with Gasteiger partial charge in [-0.05, 0) is 12.0 Å². The fourth-order valence-corrected chi connectivity index (χ4v) is 2.12. The quantitative estimate of drug-likeness (QED) is 0.728. The fraction of sp³-hybridized carbons (Fsp3) is 0.833. The summed E-state index contributed by atoms with van der Waals surface area (Å²) in [6, 6.07) is -0.408. The van der Waals surface area contributed by atoms with Crippen LogP contribution in [0.1, 0.15) is 27.2 Å². The Kier molecular flexibility index (Phi) is 4.51. The minimum Gasteiger partial charge on any atom is -0.469 e. The van der Waals surface area contributed by atoms with E-state index >= 15 is 0 Å². The van der Waals surface area contributed by atoms with Gasteiger partial charge in [0.15, 0.2) is 0 Å². The van der Waals surface area contributed by atoms with Crippen molar-refractivity contribution in [2.24, 2.45) is 5.41 Å². The van der Waals surface area contributed by atoms with Crippen LogP contribution < -0.4 is 5.32 Å². The standard InChI is InChI=1S/C12H22N2O3/c1-5-14-8-12(2,3)7-13-11(16)9(14)6-10(15)17-4/h9H,5-8H2,1-4H3,(H,13,16). The second-order valence-electron chi connectivity index (χ2n) is 5.24. The lowest BCUT2D eigenvalue weighted by atomic mass is 9.93. The second-order valence-corrected chi connectivity index (χ2v) is 5.24. The van der Waals surface area contributed by atoms with Crippen LogP contribution in [0.5, 0.6) is 0 Å². The molecule has 0 radical (unpaired) electrons. The summed E-state index contributed by atoms with van der Waals surface area (Å²) < 4.78 is 4.64. The van der Waals surface area contributed by atoms with Gasteiger partial charge in [-0.1, -0.05) is 20.8 Å². The number of likely N-dealkylation sites (N-methyl/N-ethyl adjacent to an activating group) is 1. The zero-order valence-electron chi connectivity index (χ0n) is 11.1. The van der Waals surface area contributed by atoms with Crippen molar-refractivity contribution in [1.82, 2.24) is 10.2 Å². The van der Waals surface area contributed by atoms with E-state index in [9.17, 15) is 9.59 Å². The third-order valence-electron chi connectivity index (χ3n) is 3.11. The highest BCUT2D eigenvalue weighted by Gasteiger charge is 2.35. The van der Waals surface area contributed by atoms with Gasteiger partial charge in [0.1, 0.15) is 0 Å². The van der Waals surface area contributed by atoms with Gasteiger partial charge in [0.05, 0.1) is 19.6 Å². The maximum absolute atomic E-state index is 12.0. The first-order chi connectivity index (χ1) is 7.89. The van der Waals surface area contributed by atoms with Gasteiger partial charge >= 0.3 is 5.97 Å². The van der Waals surface area contributed by atoms with Crippen molar-refractivity contribution in [3.63, 3.8) is 0 Å². The van der Waals surface area contributed by atoms with Gasteiger partial charge in [0, 0.05) is 13.1 Å². The van der Waals surface area contributed by atoms with Gasteiger partial charge in [-0.15, -0.1) is 0 Å². The Hall–Kier alpha value is -1.10. The monoisotopic (exact) mass is 242 g/mol. The molecule has 5 nitrogen and oxygen atoms in total. The third kappa shape index (κ3) is 3.70. The van der Waals surface area contributed by atoms with Crippen molar-refractivity contribution in [3.8, 4) is 0 Å². The summed E-state index contributed by atoms with van der Waals surface area (Å²) in [4.78, 5) is 25.3. The number of carbonyl (C=O) groups excluding carboxylic acids is 2. The molecule has 17 heavy (non-hydrogen) atoms. The minimum absolute atomic E-state index is 0.0243. The summed E-state index contributed by atoms with van der Waals surface area (Å²) in [6.45, 7) is 8.40. The predicted molar refractivity (Wildman–Crippen MR) is 64.5 cm³/mol. The van der Waals surface area contributed by atoms with E-state index in [1.165, 1.54) is 7.11 Å². The lowest BCUT2D eigenvalue weighted by Gasteiger charge is -2.31. The molecule has 0 saturated carbocycles. The normalized spacial score (nSPS) is 24.9. The summed E-state index contributed by atoms with van der Waals surface area (Å²) in [5.41, 5.74) is 0.0243. The Morgan fingerprint density at radius 2 is 2.24 bits per heavy atom. The molecule has 0 bridgehead atoms. The molecule has 1 N–H and O–H groups in total. The molecule has 5 heteroatoms. The van der Waals surface area contributed by atoms with Crippen LogP contribution in [0.25, 0.3) is 0 Å². The zero-order chi connectivity index (χ0) is 13.1. The van der Waals surface area contributed by atoms with Crippen molar-refractivity contribution in [2.75, 3.05) is 26.7 Å². The van der Waals surface area contributed by atoms with Crippen LogP contribution in [-0.2, 0) is 14.3 Å². The first-order valence-corrected chi connectivity index (χ1v) is 5.98. The second kappa shape index (κ2) is 5.49. The molecular formula is C12H22N2O3. The van der Waals surface area contributed by atoms with E-state index < -0.39 is 6.04 Å².